The summed E-state index contributed by atoms with van der Waals surface area (Å²) in [5, 5.41) is 13.8. The second kappa shape index (κ2) is 52.8. The van der Waals surface area contributed by atoms with E-state index >= 15 is 0 Å². The molecule has 0 radical (unpaired) electrons. The Morgan fingerprint density at radius 2 is 0.861 bits per heavy atom. The van der Waals surface area contributed by atoms with E-state index in [4.69, 9.17) is 9.05 Å². The van der Waals surface area contributed by atoms with Gasteiger partial charge < -0.3 is 28.8 Å². The number of phosphoric ester groups is 1. The molecule has 0 saturated carbocycles. The lowest BCUT2D eigenvalue weighted by molar-refractivity contribution is -0.870. The Hall–Kier alpha value is -3.10. The summed E-state index contributed by atoms with van der Waals surface area (Å²) in [5.74, 6) is -0.247. The molecule has 1 amide bonds. The number of aliphatic hydroxyl groups is 1. The van der Waals surface area contributed by atoms with Gasteiger partial charge in [-0.3, -0.25) is 9.36 Å². The van der Waals surface area contributed by atoms with Crippen molar-refractivity contribution in [1.29, 1.82) is 0 Å². The Kier molecular flexibility index (Phi) is 50.5. The second-order valence-corrected chi connectivity index (χ2v) is 21.7. The third-order valence-corrected chi connectivity index (χ3v) is 13.1. The van der Waals surface area contributed by atoms with Crippen molar-refractivity contribution in [2.24, 2.45) is 0 Å². The van der Waals surface area contributed by atoms with Crippen LogP contribution in [0.4, 0.5) is 0 Å². The van der Waals surface area contributed by atoms with Crippen molar-refractivity contribution >= 4 is 13.7 Å². The van der Waals surface area contributed by atoms with E-state index in [1.807, 2.05) is 27.2 Å². The maximum atomic E-state index is 13.0. The number of unbranched alkanes of at least 4 members (excludes halogenated alkanes) is 20. The van der Waals surface area contributed by atoms with Gasteiger partial charge in [-0.2, -0.15) is 0 Å². The van der Waals surface area contributed by atoms with Gasteiger partial charge in [0, 0.05) is 6.42 Å². The molecule has 3 unspecified atom stereocenters. The first-order valence-electron chi connectivity index (χ1n) is 28.9. The molecule has 0 rings (SSSR count). The molecule has 0 aromatic rings. The molecule has 0 saturated heterocycles. The summed E-state index contributed by atoms with van der Waals surface area (Å²) in [7, 11) is 1.19. The Bertz CT molecular complexity index is 1580. The number of amides is 1. The Labute approximate surface area is 444 Å². The highest BCUT2D eigenvalue weighted by Gasteiger charge is 2.23. The number of hydrogen-bond acceptors (Lipinski definition) is 6. The van der Waals surface area contributed by atoms with Gasteiger partial charge in [-0.15, -0.1) is 0 Å². The standard InChI is InChI=1S/C63H109N2O6P/c1-6-8-10-12-14-16-18-20-22-24-26-28-30-32-34-36-38-40-42-44-46-48-50-52-54-56-62(66)61(60-71-72(68,69)70-59-58-65(3,4)5)64-63(67)57-55-53-51-49-47-45-43-41-39-37-35-33-31-29-27-25-23-21-19-17-15-13-11-9-7-2/h9,11,15,17,21,23,27,29,33,35,38-41,45-48,54,56,61-62,66H,6-8,10,12-14,16,18-20,22,24-26,28,30-32,34,36-37,42-44,49-53,55,57-60H2,1-5H3,(H-,64,67,68,69)/b11-9-,17-15-,23-21-,29-27-,35-33-,40-38+,41-39-,47-45-,48-46+,56-54+. The van der Waals surface area contributed by atoms with Gasteiger partial charge in [-0.1, -0.05) is 232 Å². The first kappa shape index (κ1) is 68.9. The van der Waals surface area contributed by atoms with Gasteiger partial charge in [-0.05, 0) is 103 Å². The minimum atomic E-state index is -4.63. The van der Waals surface area contributed by atoms with Crippen LogP contribution in [0.15, 0.2) is 122 Å². The first-order chi connectivity index (χ1) is 35.0. The van der Waals surface area contributed by atoms with E-state index in [-0.39, 0.29) is 18.9 Å². The van der Waals surface area contributed by atoms with Crippen LogP contribution in [-0.4, -0.2) is 68.5 Å². The summed E-state index contributed by atoms with van der Waals surface area (Å²) in [6, 6.07) is -0.938. The van der Waals surface area contributed by atoms with Crippen LogP contribution in [-0.2, 0) is 18.4 Å². The molecule has 72 heavy (non-hydrogen) atoms. The Balaban J connectivity index is 4.41. The second-order valence-electron chi connectivity index (χ2n) is 20.2. The molecule has 0 aliphatic carbocycles. The fraction of sp³-hybridized carbons (Fsp3) is 0.667. The maximum absolute atomic E-state index is 13.0. The molecule has 0 heterocycles. The van der Waals surface area contributed by atoms with Gasteiger partial charge in [0.2, 0.25) is 5.91 Å². The predicted octanol–water partition coefficient (Wildman–Crippen LogP) is 17.1. The van der Waals surface area contributed by atoms with Gasteiger partial charge in [0.15, 0.2) is 0 Å². The molecule has 412 valence electrons. The van der Waals surface area contributed by atoms with Gasteiger partial charge in [0.1, 0.15) is 13.2 Å². The van der Waals surface area contributed by atoms with E-state index in [1.165, 1.54) is 103 Å². The normalized spacial score (nSPS) is 14.8. The smallest absolute Gasteiger partial charge is 0.268 e. The monoisotopic (exact) mass is 1020 g/mol. The van der Waals surface area contributed by atoms with Crippen LogP contribution in [0.2, 0.25) is 0 Å². The third-order valence-electron chi connectivity index (χ3n) is 12.1. The molecule has 3 atom stereocenters. The van der Waals surface area contributed by atoms with Gasteiger partial charge in [0.05, 0.1) is 39.9 Å². The van der Waals surface area contributed by atoms with E-state index in [0.29, 0.717) is 23.9 Å². The SMILES string of the molecule is CC/C=C\C/C=C\C/C=C\C/C=C\C/C=C\C/C=C\C/C=C\CCCCCC(=O)NC(COP(=O)([O-])OCC[N+](C)(C)C)C(O)/C=C/CC/C=C/CC/C=C/CCCCCCCCCCCCCCCCC. The fourth-order valence-corrected chi connectivity index (χ4v) is 8.36. The maximum Gasteiger partial charge on any atom is 0.268 e. The highest BCUT2D eigenvalue weighted by Crippen LogP contribution is 2.38. The molecule has 8 nitrogen and oxygen atoms in total. The van der Waals surface area contributed by atoms with E-state index in [9.17, 15) is 19.4 Å². The molecule has 0 aliphatic rings. The van der Waals surface area contributed by atoms with Crippen molar-refractivity contribution in [1.82, 2.24) is 5.32 Å². The Morgan fingerprint density at radius 1 is 0.500 bits per heavy atom. The number of nitrogens with zero attached hydrogens (tertiary/aromatic N) is 1. The van der Waals surface area contributed by atoms with Gasteiger partial charge in [0.25, 0.3) is 7.82 Å². The van der Waals surface area contributed by atoms with Crippen molar-refractivity contribution in [2.75, 3.05) is 40.9 Å². The van der Waals surface area contributed by atoms with Crippen molar-refractivity contribution in [3.63, 3.8) is 0 Å². The zero-order valence-corrected chi connectivity index (χ0v) is 47.7. The number of rotatable bonds is 51. The predicted molar refractivity (Wildman–Crippen MR) is 311 cm³/mol. The number of hydrogen-bond donors (Lipinski definition) is 2. The van der Waals surface area contributed by atoms with E-state index in [0.717, 1.165) is 83.5 Å². The van der Waals surface area contributed by atoms with Crippen LogP contribution in [0, 0.1) is 0 Å². The van der Waals surface area contributed by atoms with Crippen LogP contribution in [0.5, 0.6) is 0 Å². The fourth-order valence-electron chi connectivity index (χ4n) is 7.63. The van der Waals surface area contributed by atoms with Crippen molar-refractivity contribution in [3.05, 3.63) is 122 Å². The minimum absolute atomic E-state index is 0.0230. The Morgan fingerprint density at radius 3 is 1.29 bits per heavy atom. The summed E-state index contributed by atoms with van der Waals surface area (Å²) in [6.45, 7) is 4.47. The average molecular weight is 1020 g/mol. The van der Waals surface area contributed by atoms with Crippen molar-refractivity contribution in [2.45, 2.75) is 231 Å². The first-order valence-corrected chi connectivity index (χ1v) is 30.4. The van der Waals surface area contributed by atoms with Gasteiger partial charge >= 0.3 is 0 Å². The summed E-state index contributed by atoms with van der Waals surface area (Å²) in [4.78, 5) is 25.5. The topological polar surface area (TPSA) is 108 Å². The molecular formula is C63H109N2O6P. The molecule has 0 bridgehead atoms. The zero-order valence-electron chi connectivity index (χ0n) is 46.8. The molecular weight excluding hydrogens is 912 g/mol. The van der Waals surface area contributed by atoms with E-state index in [2.05, 4.69) is 129 Å². The van der Waals surface area contributed by atoms with Crippen LogP contribution < -0.4 is 10.2 Å². The number of phosphoric acid groups is 1. The number of quaternary nitrogens is 1. The van der Waals surface area contributed by atoms with Crippen molar-refractivity contribution < 1.29 is 32.9 Å². The summed E-state index contributed by atoms with van der Waals surface area (Å²) < 4.78 is 23.3. The minimum Gasteiger partial charge on any atom is -0.756 e. The van der Waals surface area contributed by atoms with Crippen LogP contribution >= 0.6 is 7.82 Å². The quantitative estimate of drug-likeness (QED) is 0.0272. The number of likely N-dealkylation sites (N-methyl/N-ethyl adjacent to an activating group) is 1. The molecule has 0 aromatic heterocycles. The van der Waals surface area contributed by atoms with E-state index < -0.39 is 26.6 Å². The molecule has 0 fully saturated rings. The zero-order chi connectivity index (χ0) is 52.7. The van der Waals surface area contributed by atoms with Crippen LogP contribution in [0.25, 0.3) is 0 Å². The molecule has 0 aromatic carbocycles. The molecule has 0 spiro atoms. The lowest BCUT2D eigenvalue weighted by Crippen LogP contribution is -2.45. The largest absolute Gasteiger partial charge is 0.756 e. The summed E-state index contributed by atoms with van der Waals surface area (Å²) >= 11 is 0. The number of carbonyl (C=O) groups excluding carboxylic acids is 1. The van der Waals surface area contributed by atoms with Gasteiger partial charge in [-0.25, -0.2) is 0 Å². The van der Waals surface area contributed by atoms with Crippen LogP contribution in [0.1, 0.15) is 219 Å². The number of carbonyl (C=O) groups is 1. The number of nitrogens with one attached hydrogen (secondary N) is 1. The average Bonchev–Trinajstić information content (AvgIpc) is 3.34. The molecule has 0 aliphatic heterocycles. The number of aliphatic hydroxyl groups excluding tert-OH is 1. The highest BCUT2D eigenvalue weighted by molar-refractivity contribution is 7.45. The molecule has 9 heteroatoms. The highest BCUT2D eigenvalue weighted by atomic mass is 31.2. The summed E-state index contributed by atoms with van der Waals surface area (Å²) in [5.41, 5.74) is 0. The van der Waals surface area contributed by atoms with Crippen LogP contribution in [0.3, 0.4) is 0 Å². The van der Waals surface area contributed by atoms with E-state index in [1.54, 1.807) is 6.08 Å². The lowest BCUT2D eigenvalue weighted by Gasteiger charge is -2.29. The van der Waals surface area contributed by atoms with Crippen molar-refractivity contribution in [3.8, 4) is 0 Å². The third kappa shape index (κ3) is 54.7. The molecule has 2 N–H and O–H groups in total. The number of allylic oxidation sites excluding steroid dienone is 19. The summed E-state index contributed by atoms with van der Waals surface area (Å²) in [6.07, 6.45) is 78.5. The lowest BCUT2D eigenvalue weighted by atomic mass is 10.0.